The number of nitrogens with one attached hydrogen (secondary N) is 1. The van der Waals surface area contributed by atoms with E-state index >= 15 is 0 Å². The molecular formula is C13H24N2O. The Morgan fingerprint density at radius 2 is 1.94 bits per heavy atom. The summed E-state index contributed by atoms with van der Waals surface area (Å²) in [6.07, 6.45) is 7.22. The highest BCUT2D eigenvalue weighted by molar-refractivity contribution is 5.76. The van der Waals surface area contributed by atoms with Gasteiger partial charge in [0.25, 0.3) is 0 Å². The summed E-state index contributed by atoms with van der Waals surface area (Å²) in [5.74, 6) is 0.260. The van der Waals surface area contributed by atoms with E-state index in [1.165, 1.54) is 0 Å². The van der Waals surface area contributed by atoms with Crippen LogP contribution in [0.15, 0.2) is 12.2 Å². The summed E-state index contributed by atoms with van der Waals surface area (Å²) in [5, 5.41) is 3.50. The van der Waals surface area contributed by atoms with E-state index in [9.17, 15) is 4.79 Å². The first kappa shape index (κ1) is 13.2. The van der Waals surface area contributed by atoms with Gasteiger partial charge in [-0.1, -0.05) is 12.2 Å². The van der Waals surface area contributed by atoms with E-state index in [1.807, 2.05) is 18.7 Å². The summed E-state index contributed by atoms with van der Waals surface area (Å²) in [5.41, 5.74) is 0. The molecule has 1 atom stereocenters. The fraction of sp³-hybridized carbons (Fsp3) is 0.769. The zero-order valence-corrected chi connectivity index (χ0v) is 10.7. The topological polar surface area (TPSA) is 32.3 Å². The smallest absolute Gasteiger partial charge is 0.224 e. The summed E-state index contributed by atoms with van der Waals surface area (Å²) < 4.78 is 0. The summed E-state index contributed by atoms with van der Waals surface area (Å²) >= 11 is 0. The maximum atomic E-state index is 11.9. The molecule has 0 aliphatic heterocycles. The first-order valence-electron chi connectivity index (χ1n) is 6.36. The van der Waals surface area contributed by atoms with Gasteiger partial charge in [-0.3, -0.25) is 4.79 Å². The minimum atomic E-state index is 0.260. The summed E-state index contributed by atoms with van der Waals surface area (Å²) in [6.45, 7) is 7.78. The molecule has 0 bridgehead atoms. The predicted molar refractivity (Wildman–Crippen MR) is 67.3 cm³/mol. The van der Waals surface area contributed by atoms with E-state index in [2.05, 4.69) is 24.4 Å². The lowest BCUT2D eigenvalue weighted by Crippen LogP contribution is -2.40. The molecule has 3 heteroatoms. The van der Waals surface area contributed by atoms with Crippen LogP contribution in [0.25, 0.3) is 0 Å². The minimum absolute atomic E-state index is 0.260. The van der Waals surface area contributed by atoms with E-state index in [4.69, 9.17) is 0 Å². The molecule has 0 spiro atoms. The second kappa shape index (κ2) is 6.69. The van der Waals surface area contributed by atoms with Crippen LogP contribution in [0.3, 0.4) is 0 Å². The largest absolute Gasteiger partial charge is 0.343 e. The minimum Gasteiger partial charge on any atom is -0.343 e. The molecule has 1 aliphatic rings. The van der Waals surface area contributed by atoms with Crippen molar-refractivity contribution >= 4 is 5.91 Å². The highest BCUT2D eigenvalue weighted by atomic mass is 16.2. The molecule has 1 N–H and O–H groups in total. The van der Waals surface area contributed by atoms with Crippen molar-refractivity contribution in [2.75, 3.05) is 13.1 Å². The van der Waals surface area contributed by atoms with E-state index in [1.54, 1.807) is 0 Å². The molecule has 0 aromatic rings. The molecule has 1 amide bonds. The number of carbonyl (C=O) groups excluding carboxylic acids is 1. The Hall–Kier alpha value is -0.830. The zero-order chi connectivity index (χ0) is 12.0. The molecule has 0 saturated heterocycles. The Bertz CT molecular complexity index is 238. The SMILES string of the molecule is CCN(CC)C(=O)CC(C)NC1CC=CC1. The Kier molecular flexibility index (Phi) is 5.53. The van der Waals surface area contributed by atoms with Gasteiger partial charge in [0.05, 0.1) is 0 Å². The van der Waals surface area contributed by atoms with Crippen LogP contribution in [0, 0.1) is 0 Å². The van der Waals surface area contributed by atoms with Gasteiger partial charge in [-0.2, -0.15) is 0 Å². The monoisotopic (exact) mass is 224 g/mol. The maximum absolute atomic E-state index is 11.9. The Morgan fingerprint density at radius 3 is 2.44 bits per heavy atom. The van der Waals surface area contributed by atoms with Gasteiger partial charge in [0.1, 0.15) is 0 Å². The molecule has 0 saturated carbocycles. The number of amides is 1. The molecule has 92 valence electrons. The first-order valence-corrected chi connectivity index (χ1v) is 6.36. The van der Waals surface area contributed by atoms with Gasteiger partial charge in [-0.05, 0) is 33.6 Å². The number of carbonyl (C=O) groups is 1. The van der Waals surface area contributed by atoms with Gasteiger partial charge in [0.2, 0.25) is 5.91 Å². The highest BCUT2D eigenvalue weighted by Crippen LogP contribution is 2.11. The van der Waals surface area contributed by atoms with Crippen LogP contribution in [0.4, 0.5) is 0 Å². The fourth-order valence-electron chi connectivity index (χ4n) is 2.18. The second-order valence-electron chi connectivity index (χ2n) is 4.48. The highest BCUT2D eigenvalue weighted by Gasteiger charge is 2.17. The number of hydrogen-bond donors (Lipinski definition) is 1. The Balaban J connectivity index is 2.27. The normalized spacial score (nSPS) is 17.7. The number of hydrogen-bond acceptors (Lipinski definition) is 2. The molecule has 3 nitrogen and oxygen atoms in total. The lowest BCUT2D eigenvalue weighted by molar-refractivity contribution is -0.131. The summed E-state index contributed by atoms with van der Waals surface area (Å²) in [7, 11) is 0. The first-order chi connectivity index (χ1) is 7.67. The van der Waals surface area contributed by atoms with Crippen molar-refractivity contribution in [1.29, 1.82) is 0 Å². The van der Waals surface area contributed by atoms with E-state index in [-0.39, 0.29) is 11.9 Å². The van der Waals surface area contributed by atoms with E-state index in [0.29, 0.717) is 12.5 Å². The fourth-order valence-corrected chi connectivity index (χ4v) is 2.18. The third-order valence-electron chi connectivity index (χ3n) is 3.13. The van der Waals surface area contributed by atoms with Crippen LogP contribution >= 0.6 is 0 Å². The van der Waals surface area contributed by atoms with E-state index < -0.39 is 0 Å². The van der Waals surface area contributed by atoms with Crippen molar-refractivity contribution in [1.82, 2.24) is 10.2 Å². The van der Waals surface area contributed by atoms with E-state index in [0.717, 1.165) is 25.9 Å². The molecule has 0 aromatic heterocycles. The molecule has 1 rings (SSSR count). The average Bonchev–Trinajstić information content (AvgIpc) is 2.71. The van der Waals surface area contributed by atoms with Gasteiger partial charge < -0.3 is 10.2 Å². The third-order valence-corrected chi connectivity index (χ3v) is 3.13. The van der Waals surface area contributed by atoms with Crippen molar-refractivity contribution < 1.29 is 4.79 Å². The number of rotatable bonds is 6. The molecule has 1 unspecified atom stereocenters. The molecule has 1 aliphatic carbocycles. The van der Waals surface area contributed by atoms with Crippen LogP contribution in [0.5, 0.6) is 0 Å². The van der Waals surface area contributed by atoms with Crippen LogP contribution in [-0.2, 0) is 4.79 Å². The molecular weight excluding hydrogens is 200 g/mol. The quantitative estimate of drug-likeness (QED) is 0.699. The van der Waals surface area contributed by atoms with Gasteiger partial charge in [-0.25, -0.2) is 0 Å². The van der Waals surface area contributed by atoms with Crippen molar-refractivity contribution in [3.63, 3.8) is 0 Å². The van der Waals surface area contributed by atoms with Crippen molar-refractivity contribution in [3.8, 4) is 0 Å². The third kappa shape index (κ3) is 3.97. The van der Waals surface area contributed by atoms with Crippen LogP contribution in [0.1, 0.15) is 40.0 Å². The zero-order valence-electron chi connectivity index (χ0n) is 10.7. The molecule has 0 aromatic carbocycles. The second-order valence-corrected chi connectivity index (χ2v) is 4.48. The Morgan fingerprint density at radius 1 is 1.38 bits per heavy atom. The molecule has 0 fully saturated rings. The van der Waals surface area contributed by atoms with Crippen LogP contribution < -0.4 is 5.32 Å². The van der Waals surface area contributed by atoms with Crippen molar-refractivity contribution in [2.24, 2.45) is 0 Å². The predicted octanol–water partition coefficient (Wildman–Crippen LogP) is 1.94. The van der Waals surface area contributed by atoms with Gasteiger partial charge in [0.15, 0.2) is 0 Å². The van der Waals surface area contributed by atoms with Crippen molar-refractivity contribution in [2.45, 2.75) is 52.1 Å². The lowest BCUT2D eigenvalue weighted by atomic mass is 10.1. The molecule has 0 heterocycles. The molecule has 0 radical (unpaired) electrons. The lowest BCUT2D eigenvalue weighted by Gasteiger charge is -2.23. The van der Waals surface area contributed by atoms with Crippen molar-refractivity contribution in [3.05, 3.63) is 12.2 Å². The maximum Gasteiger partial charge on any atom is 0.224 e. The average molecular weight is 224 g/mol. The standard InChI is InChI=1S/C13H24N2O/c1-4-15(5-2)13(16)10-11(3)14-12-8-6-7-9-12/h6-7,11-12,14H,4-5,8-10H2,1-3H3. The van der Waals surface area contributed by atoms with Crippen LogP contribution in [-0.4, -0.2) is 36.0 Å². The summed E-state index contributed by atoms with van der Waals surface area (Å²) in [4.78, 5) is 13.8. The van der Waals surface area contributed by atoms with Gasteiger partial charge in [-0.15, -0.1) is 0 Å². The summed E-state index contributed by atoms with van der Waals surface area (Å²) in [6, 6.07) is 0.817. The molecule has 16 heavy (non-hydrogen) atoms. The number of nitrogens with zero attached hydrogens (tertiary/aromatic N) is 1. The van der Waals surface area contributed by atoms with Gasteiger partial charge >= 0.3 is 0 Å². The Labute approximate surface area is 98.9 Å². The van der Waals surface area contributed by atoms with Crippen LogP contribution in [0.2, 0.25) is 0 Å². The van der Waals surface area contributed by atoms with Gasteiger partial charge in [0, 0.05) is 31.6 Å².